The molecule has 0 amide bonds. The predicted molar refractivity (Wildman–Crippen MR) is 94.8 cm³/mol. The summed E-state index contributed by atoms with van der Waals surface area (Å²) in [6.45, 7) is 2.08. The predicted octanol–water partition coefficient (Wildman–Crippen LogP) is 0.388. The Balaban J connectivity index is 1.79. The van der Waals surface area contributed by atoms with E-state index in [-0.39, 0.29) is 0 Å². The van der Waals surface area contributed by atoms with Crippen LogP contribution in [0.15, 0.2) is 17.2 Å². The van der Waals surface area contributed by atoms with Gasteiger partial charge in [-0.2, -0.15) is 0 Å². The number of nitrogens with zero attached hydrogens (tertiary/aromatic N) is 4. The zero-order chi connectivity index (χ0) is 17.1. The number of thioether (sulfide) groups is 1. The van der Waals surface area contributed by atoms with Gasteiger partial charge in [0.2, 0.25) is 11.7 Å². The molecule has 0 bridgehead atoms. The first kappa shape index (κ1) is 17.1. The van der Waals surface area contributed by atoms with Gasteiger partial charge >= 0.3 is 0 Å². The van der Waals surface area contributed by atoms with Gasteiger partial charge in [-0.15, -0.1) is 11.8 Å². The number of aromatic nitrogens is 2. The number of rotatable bonds is 5. The molecule has 0 aliphatic carbocycles. The number of ketones is 1. The fourth-order valence-electron chi connectivity index (χ4n) is 2.98. The summed E-state index contributed by atoms with van der Waals surface area (Å²) in [4.78, 5) is 36.6. The highest BCUT2D eigenvalue weighted by Crippen LogP contribution is 2.28. The Morgan fingerprint density at radius 3 is 3.08 bits per heavy atom. The second kappa shape index (κ2) is 7.42. The highest BCUT2D eigenvalue weighted by molar-refractivity contribution is 8.03. The fourth-order valence-corrected chi connectivity index (χ4v) is 3.96. The molecule has 2 atom stereocenters. The summed E-state index contributed by atoms with van der Waals surface area (Å²) in [6.07, 6.45) is 5.05. The van der Waals surface area contributed by atoms with Gasteiger partial charge in [0.15, 0.2) is 6.29 Å². The van der Waals surface area contributed by atoms with Crippen LogP contribution >= 0.6 is 11.8 Å². The number of likely N-dealkylation sites (tertiary alicyclic amines) is 1. The van der Waals surface area contributed by atoms with E-state index in [1.165, 1.54) is 11.8 Å². The van der Waals surface area contributed by atoms with E-state index in [2.05, 4.69) is 32.1 Å². The molecule has 2 aliphatic rings. The average Bonchev–Trinajstić information content (AvgIpc) is 3.23. The molecule has 2 fully saturated rings. The molecule has 1 N–H and O–H groups in total. The van der Waals surface area contributed by atoms with Gasteiger partial charge < -0.3 is 9.80 Å². The second-order valence-corrected chi connectivity index (χ2v) is 7.14. The average molecular weight is 347 g/mol. The van der Waals surface area contributed by atoms with Crippen molar-refractivity contribution in [3.05, 3.63) is 22.9 Å². The maximum atomic E-state index is 11.7. The Morgan fingerprint density at radius 2 is 2.38 bits per heavy atom. The number of anilines is 1. The zero-order valence-corrected chi connectivity index (χ0v) is 14.6. The molecule has 24 heavy (non-hydrogen) atoms. The minimum atomic E-state index is -0.549. The molecule has 0 radical (unpaired) electrons. The Morgan fingerprint density at radius 1 is 1.54 bits per heavy atom. The number of carbonyl (C=O) groups is 2. The molecule has 1 aromatic heterocycles. The van der Waals surface area contributed by atoms with E-state index in [0.717, 1.165) is 30.1 Å². The van der Waals surface area contributed by atoms with E-state index >= 15 is 0 Å². The van der Waals surface area contributed by atoms with E-state index in [0.29, 0.717) is 24.2 Å². The number of aldehydes is 1. The minimum Gasteiger partial charge on any atom is -0.340 e. The van der Waals surface area contributed by atoms with Gasteiger partial charge in [-0.05, 0) is 32.2 Å². The van der Waals surface area contributed by atoms with Crippen LogP contribution in [0.4, 0.5) is 5.95 Å². The standard InChI is InChI=1S/C16H21N5O2S/c1-20-6-4-12(8-20)21(2)16-17-5-3-11(19-16)7-14-15(13(23)9-22)18-10-24-14/h3,5,7,9,12,15,18H,4,6,8,10H2,1-2H3/b14-7-. The largest absolute Gasteiger partial charge is 0.340 e. The van der Waals surface area contributed by atoms with Gasteiger partial charge in [0, 0.05) is 36.6 Å². The normalized spacial score (nSPS) is 26.0. The number of nitrogens with one attached hydrogen (secondary N) is 1. The van der Waals surface area contributed by atoms with Gasteiger partial charge in [-0.3, -0.25) is 14.9 Å². The Hall–Kier alpha value is -1.77. The molecule has 2 saturated heterocycles. The molecule has 128 valence electrons. The molecule has 7 nitrogen and oxygen atoms in total. The first-order valence-electron chi connectivity index (χ1n) is 7.89. The molecule has 1 aromatic rings. The molecular formula is C16H21N5O2S. The lowest BCUT2D eigenvalue weighted by molar-refractivity contribution is -0.130. The van der Waals surface area contributed by atoms with Crippen molar-refractivity contribution in [1.82, 2.24) is 20.2 Å². The van der Waals surface area contributed by atoms with Crippen LogP contribution in [-0.4, -0.2) is 72.1 Å². The molecule has 2 unspecified atom stereocenters. The van der Waals surface area contributed by atoms with Crippen molar-refractivity contribution in [2.24, 2.45) is 0 Å². The Bertz CT molecular complexity index is 666. The van der Waals surface area contributed by atoms with E-state index in [4.69, 9.17) is 0 Å². The lowest BCUT2D eigenvalue weighted by Crippen LogP contribution is -2.35. The van der Waals surface area contributed by atoms with Crippen LogP contribution < -0.4 is 10.2 Å². The van der Waals surface area contributed by atoms with Crippen LogP contribution in [-0.2, 0) is 9.59 Å². The van der Waals surface area contributed by atoms with Crippen molar-refractivity contribution < 1.29 is 9.59 Å². The molecule has 0 aromatic carbocycles. The lowest BCUT2D eigenvalue weighted by Gasteiger charge is -2.24. The molecule has 0 spiro atoms. The smallest absolute Gasteiger partial charge is 0.225 e. The number of hydrogen-bond donors (Lipinski definition) is 1. The Kier molecular flexibility index (Phi) is 5.27. The van der Waals surface area contributed by atoms with Crippen LogP contribution in [0.2, 0.25) is 0 Å². The summed E-state index contributed by atoms with van der Waals surface area (Å²) in [6, 6.07) is 1.67. The van der Waals surface area contributed by atoms with E-state index in [9.17, 15) is 9.59 Å². The number of Topliss-reactive ketones (excluding diaryl/α,β-unsaturated/α-hetero) is 1. The minimum absolute atomic E-state index is 0.368. The highest BCUT2D eigenvalue weighted by atomic mass is 32.2. The maximum Gasteiger partial charge on any atom is 0.225 e. The van der Waals surface area contributed by atoms with Crippen LogP contribution in [0.5, 0.6) is 0 Å². The summed E-state index contributed by atoms with van der Waals surface area (Å²) < 4.78 is 0. The summed E-state index contributed by atoms with van der Waals surface area (Å²) in [5.41, 5.74) is 0.744. The fraction of sp³-hybridized carbons (Fsp3) is 0.500. The number of carbonyl (C=O) groups excluding carboxylic acids is 2. The second-order valence-electron chi connectivity index (χ2n) is 6.09. The van der Waals surface area contributed by atoms with Gasteiger partial charge in [0.1, 0.15) is 6.04 Å². The van der Waals surface area contributed by atoms with Gasteiger partial charge in [0.05, 0.1) is 5.69 Å². The summed E-state index contributed by atoms with van der Waals surface area (Å²) in [5, 5.41) is 3.02. The van der Waals surface area contributed by atoms with Crippen LogP contribution in [0, 0.1) is 0 Å². The third-order valence-electron chi connectivity index (χ3n) is 4.40. The third kappa shape index (κ3) is 3.66. The number of hydrogen-bond acceptors (Lipinski definition) is 8. The van der Waals surface area contributed by atoms with Crippen molar-refractivity contribution >= 4 is 35.9 Å². The van der Waals surface area contributed by atoms with Gasteiger partial charge in [-0.25, -0.2) is 9.97 Å². The van der Waals surface area contributed by atoms with Gasteiger partial charge in [0.25, 0.3) is 0 Å². The zero-order valence-electron chi connectivity index (χ0n) is 13.8. The molecule has 0 saturated carbocycles. The maximum absolute atomic E-state index is 11.7. The van der Waals surface area contributed by atoms with Crippen LogP contribution in [0.1, 0.15) is 12.1 Å². The van der Waals surface area contributed by atoms with Crippen molar-refractivity contribution in [3.63, 3.8) is 0 Å². The lowest BCUT2D eigenvalue weighted by atomic mass is 10.1. The summed E-state index contributed by atoms with van der Waals surface area (Å²) in [7, 11) is 4.13. The van der Waals surface area contributed by atoms with Crippen LogP contribution in [0.3, 0.4) is 0 Å². The molecule has 3 rings (SSSR count). The van der Waals surface area contributed by atoms with Crippen LogP contribution in [0.25, 0.3) is 6.08 Å². The first-order valence-corrected chi connectivity index (χ1v) is 8.88. The first-order chi connectivity index (χ1) is 11.6. The SMILES string of the molecule is CN1CCC(N(C)c2nccc(/C=C3\SCNC3C(=O)C=O)n2)C1. The van der Waals surface area contributed by atoms with Crippen molar-refractivity contribution in [1.29, 1.82) is 0 Å². The quantitative estimate of drug-likeness (QED) is 0.605. The molecule has 3 heterocycles. The molecule has 2 aliphatic heterocycles. The van der Waals surface area contributed by atoms with E-state index < -0.39 is 11.8 Å². The molecule has 8 heteroatoms. The van der Waals surface area contributed by atoms with E-state index in [1.54, 1.807) is 6.20 Å². The monoisotopic (exact) mass is 347 g/mol. The third-order valence-corrected chi connectivity index (χ3v) is 5.39. The van der Waals surface area contributed by atoms with Crippen molar-refractivity contribution in [2.75, 3.05) is 38.0 Å². The van der Waals surface area contributed by atoms with Crippen molar-refractivity contribution in [3.8, 4) is 0 Å². The van der Waals surface area contributed by atoms with E-state index in [1.807, 2.05) is 19.2 Å². The van der Waals surface area contributed by atoms with Gasteiger partial charge in [-0.1, -0.05) is 0 Å². The van der Waals surface area contributed by atoms with Crippen molar-refractivity contribution in [2.45, 2.75) is 18.5 Å². The summed E-state index contributed by atoms with van der Waals surface area (Å²) in [5.74, 6) is 0.841. The summed E-state index contributed by atoms with van der Waals surface area (Å²) >= 11 is 1.52. The topological polar surface area (TPSA) is 78.4 Å². The molecular weight excluding hydrogens is 326 g/mol. The Labute approximate surface area is 145 Å². The number of likely N-dealkylation sites (N-methyl/N-ethyl adjacent to an activating group) is 2. The highest BCUT2D eigenvalue weighted by Gasteiger charge is 2.28.